The summed E-state index contributed by atoms with van der Waals surface area (Å²) >= 11 is 0. The quantitative estimate of drug-likeness (QED) is 0.159. The van der Waals surface area contributed by atoms with Gasteiger partial charge in [0, 0.05) is 43.9 Å². The molecule has 8 nitrogen and oxygen atoms in total. The molecule has 7 aromatic heterocycles. The Morgan fingerprint density at radius 1 is 0.263 bits per heavy atom. The minimum Gasteiger partial charge on any atom is -0.330 e. The molecule has 1 aliphatic carbocycles. The van der Waals surface area contributed by atoms with Crippen molar-refractivity contribution >= 4 is 76.8 Å². The summed E-state index contributed by atoms with van der Waals surface area (Å²) < 4.78 is 7.01. The summed E-state index contributed by atoms with van der Waals surface area (Å²) in [5, 5.41) is 7.09. The Morgan fingerprint density at radius 2 is 0.618 bits per heavy atom. The van der Waals surface area contributed by atoms with Crippen LogP contribution in [0.3, 0.4) is 0 Å². The number of benzene rings is 7. The number of rotatable bonds is 7. The van der Waals surface area contributed by atoms with Crippen molar-refractivity contribution in [3.05, 3.63) is 260 Å². The molecule has 0 radical (unpaired) electrons. The summed E-state index contributed by atoms with van der Waals surface area (Å²) in [7, 11) is 0. The first-order chi connectivity index (χ1) is 37.7. The summed E-state index contributed by atoms with van der Waals surface area (Å²) in [5.41, 5.74) is 15.6. The van der Waals surface area contributed by atoms with Gasteiger partial charge in [-0.3, -0.25) is 9.13 Å². The average Bonchev–Trinajstić information content (AvgIpc) is 4.27. The van der Waals surface area contributed by atoms with Crippen LogP contribution in [0, 0.1) is 0 Å². The molecule has 0 spiro atoms. The third-order valence-electron chi connectivity index (χ3n) is 15.6. The third kappa shape index (κ3) is 6.31. The number of aromatic nitrogens is 7. The van der Waals surface area contributed by atoms with Crippen molar-refractivity contribution in [3.63, 3.8) is 0 Å². The lowest BCUT2D eigenvalue weighted by Crippen LogP contribution is -2.29. The van der Waals surface area contributed by atoms with Gasteiger partial charge in [-0.05, 0) is 96.6 Å². The molecule has 0 saturated carbocycles. The fraction of sp³-hybridized carbons (Fsp3) is 0.0294. The molecule has 2 atom stereocenters. The first kappa shape index (κ1) is 42.3. The van der Waals surface area contributed by atoms with Gasteiger partial charge >= 0.3 is 0 Å². The van der Waals surface area contributed by atoms with Gasteiger partial charge in [0.25, 0.3) is 0 Å². The van der Waals surface area contributed by atoms with Crippen molar-refractivity contribution in [1.29, 1.82) is 0 Å². The van der Waals surface area contributed by atoms with Crippen molar-refractivity contribution in [3.8, 4) is 51.5 Å². The van der Waals surface area contributed by atoms with Crippen molar-refractivity contribution < 1.29 is 0 Å². The van der Waals surface area contributed by atoms with Crippen LogP contribution in [0.15, 0.2) is 255 Å². The summed E-state index contributed by atoms with van der Waals surface area (Å²) in [6, 6.07) is 81.6. The van der Waals surface area contributed by atoms with Crippen LogP contribution in [0.2, 0.25) is 0 Å². The smallest absolute Gasteiger partial charge is 0.162 e. The lowest BCUT2D eigenvalue weighted by Gasteiger charge is -2.30. The molecule has 16 rings (SSSR count). The van der Waals surface area contributed by atoms with E-state index in [1.54, 1.807) is 0 Å². The highest BCUT2D eigenvalue weighted by Crippen LogP contribution is 2.50. The SMILES string of the molecule is C1=CC2c3ccccc3N(c3ccc(-c4cccc(-c5cccc(-c6ccc(-n7c8ccccc8c8ccccc87)c(-n7c8ccccc8c8ccccc87)n6)n5)n4)nc3-n3c4ccccc4c4ccccc43)C2C=C1. The van der Waals surface area contributed by atoms with E-state index in [1.807, 2.05) is 24.3 Å². The van der Waals surface area contributed by atoms with E-state index in [0.29, 0.717) is 0 Å². The second-order valence-corrected chi connectivity index (χ2v) is 19.7. The van der Waals surface area contributed by atoms with Gasteiger partial charge in [-0.15, -0.1) is 0 Å². The molecule has 0 fully saturated rings. The minimum atomic E-state index is 0.0964. The Bertz CT molecular complexity index is 4600. The summed E-state index contributed by atoms with van der Waals surface area (Å²) in [6.45, 7) is 0. The number of anilines is 2. The number of pyridine rings is 4. The number of nitrogens with zero attached hydrogens (tertiary/aromatic N) is 8. The van der Waals surface area contributed by atoms with E-state index in [9.17, 15) is 0 Å². The molecule has 0 amide bonds. The van der Waals surface area contributed by atoms with E-state index >= 15 is 0 Å². The van der Waals surface area contributed by atoms with Gasteiger partial charge in [0.15, 0.2) is 11.6 Å². The highest BCUT2D eigenvalue weighted by Gasteiger charge is 2.39. The van der Waals surface area contributed by atoms with Crippen molar-refractivity contribution in [2.24, 2.45) is 0 Å². The first-order valence-electron chi connectivity index (χ1n) is 25.9. The van der Waals surface area contributed by atoms with E-state index in [0.717, 1.165) is 90.3 Å². The molecule has 8 heterocycles. The maximum Gasteiger partial charge on any atom is 0.162 e. The zero-order chi connectivity index (χ0) is 49.8. The standard InChI is InChI=1S/C68H44N8/c1-9-31-57-43(19-1)44-20-2-10-32-58(44)73(57)65-41-39-55(71-67(65)75-61-35-13-5-23-47(61)48-24-6-14-36-62(48)75)53-29-17-27-51(69-53)52-28-18-30-54(70-52)56-40-42-66(74-59-33-11-3-21-45(59)46-22-4-12-34-60(46)74)68(72-56)76-63-37-15-7-25-49(63)50-26-8-16-38-64(50)76/h1-43,57H. The first-order valence-corrected chi connectivity index (χ1v) is 25.9. The van der Waals surface area contributed by atoms with Crippen LogP contribution in [-0.4, -0.2) is 39.7 Å². The van der Waals surface area contributed by atoms with Gasteiger partial charge in [-0.1, -0.05) is 164 Å². The van der Waals surface area contributed by atoms with Crippen LogP contribution in [0.5, 0.6) is 0 Å². The Morgan fingerprint density at radius 3 is 1.08 bits per heavy atom. The zero-order valence-electron chi connectivity index (χ0n) is 41.0. The summed E-state index contributed by atoms with van der Waals surface area (Å²) in [5.74, 6) is 1.88. The number of fused-ring (bicyclic) bond motifs is 12. The number of hydrogen-bond donors (Lipinski definition) is 0. The normalized spacial score (nSPS) is 15.0. The molecular weight excluding hydrogens is 929 g/mol. The molecule has 2 unspecified atom stereocenters. The summed E-state index contributed by atoms with van der Waals surface area (Å²) in [6.07, 6.45) is 8.99. The van der Waals surface area contributed by atoms with E-state index in [-0.39, 0.29) is 12.0 Å². The van der Waals surface area contributed by atoms with E-state index < -0.39 is 0 Å². The fourth-order valence-corrected chi connectivity index (χ4v) is 12.4. The molecular formula is C68H44N8. The zero-order valence-corrected chi connectivity index (χ0v) is 41.0. The number of para-hydroxylation sites is 7. The fourth-order valence-electron chi connectivity index (χ4n) is 12.4. The molecule has 0 bridgehead atoms. The molecule has 0 saturated heterocycles. The van der Waals surface area contributed by atoms with Gasteiger partial charge in [-0.25, -0.2) is 19.9 Å². The molecule has 14 aromatic rings. The Balaban J connectivity index is 0.850. The third-order valence-corrected chi connectivity index (χ3v) is 15.6. The van der Waals surface area contributed by atoms with E-state index in [4.69, 9.17) is 19.9 Å². The average molecular weight is 973 g/mol. The van der Waals surface area contributed by atoms with Crippen LogP contribution in [0.1, 0.15) is 11.5 Å². The number of hydrogen-bond acceptors (Lipinski definition) is 5. The largest absolute Gasteiger partial charge is 0.330 e. The molecule has 2 aliphatic rings. The van der Waals surface area contributed by atoms with E-state index in [1.165, 1.54) is 43.6 Å². The van der Waals surface area contributed by atoms with Crippen LogP contribution in [0.4, 0.5) is 11.4 Å². The molecule has 8 heteroatoms. The molecule has 1 aliphatic heterocycles. The lowest BCUT2D eigenvalue weighted by molar-refractivity contribution is 0.742. The predicted octanol–water partition coefficient (Wildman–Crippen LogP) is 16.3. The van der Waals surface area contributed by atoms with Gasteiger partial charge in [0.05, 0.1) is 84.7 Å². The monoisotopic (exact) mass is 972 g/mol. The molecule has 7 aromatic carbocycles. The Kier molecular flexibility index (Phi) is 9.29. The maximum atomic E-state index is 5.67. The van der Waals surface area contributed by atoms with Crippen molar-refractivity contribution in [1.82, 2.24) is 33.6 Å². The van der Waals surface area contributed by atoms with Gasteiger partial charge in [0.1, 0.15) is 0 Å². The Labute approximate surface area is 437 Å². The second-order valence-electron chi connectivity index (χ2n) is 19.7. The second kappa shape index (κ2) is 16.7. The predicted molar refractivity (Wildman–Crippen MR) is 310 cm³/mol. The van der Waals surface area contributed by atoms with Gasteiger partial charge in [0.2, 0.25) is 0 Å². The van der Waals surface area contributed by atoms with Crippen LogP contribution in [-0.2, 0) is 0 Å². The van der Waals surface area contributed by atoms with Crippen molar-refractivity contribution in [2.45, 2.75) is 12.0 Å². The molecule has 76 heavy (non-hydrogen) atoms. The highest BCUT2D eigenvalue weighted by atomic mass is 15.2. The number of allylic oxidation sites excluding steroid dienone is 2. The minimum absolute atomic E-state index is 0.0964. The maximum absolute atomic E-state index is 5.67. The van der Waals surface area contributed by atoms with Crippen LogP contribution >= 0.6 is 0 Å². The Hall–Kier alpha value is -10.2. The van der Waals surface area contributed by atoms with Gasteiger partial charge < -0.3 is 9.47 Å². The van der Waals surface area contributed by atoms with Gasteiger partial charge in [-0.2, -0.15) is 0 Å². The lowest BCUT2D eigenvalue weighted by atomic mass is 9.91. The van der Waals surface area contributed by atoms with Crippen LogP contribution < -0.4 is 4.90 Å². The van der Waals surface area contributed by atoms with E-state index in [2.05, 4.69) is 249 Å². The van der Waals surface area contributed by atoms with Crippen LogP contribution in [0.25, 0.3) is 117 Å². The van der Waals surface area contributed by atoms with Crippen molar-refractivity contribution in [2.75, 3.05) is 4.90 Å². The molecule has 0 N–H and O–H groups in total. The summed E-state index contributed by atoms with van der Waals surface area (Å²) in [4.78, 5) is 24.5. The highest BCUT2D eigenvalue weighted by molar-refractivity contribution is 6.12. The topological polar surface area (TPSA) is 69.6 Å². The molecule has 356 valence electrons.